The van der Waals surface area contributed by atoms with Crippen molar-refractivity contribution in [1.29, 1.82) is 0 Å². The maximum absolute atomic E-state index is 6.41. The summed E-state index contributed by atoms with van der Waals surface area (Å²) < 4.78 is 8.70. The topological polar surface area (TPSA) is 33.5 Å². The van der Waals surface area contributed by atoms with Crippen LogP contribution in [0.25, 0.3) is 38.8 Å². The molecule has 5 nitrogen and oxygen atoms in total. The van der Waals surface area contributed by atoms with Gasteiger partial charge >= 0.3 is 0 Å². The molecule has 7 aromatic rings. The second-order valence-electron chi connectivity index (χ2n) is 11.8. The van der Waals surface area contributed by atoms with Crippen LogP contribution in [-0.2, 0) is 26.5 Å². The van der Waals surface area contributed by atoms with Gasteiger partial charge in [-0.2, -0.15) is 18.8 Å². The third kappa shape index (κ3) is 3.52. The van der Waals surface area contributed by atoms with Gasteiger partial charge < -0.3 is 19.1 Å². The summed E-state index contributed by atoms with van der Waals surface area (Å²) in [5, 5.41) is 2.29. The second-order valence-corrected chi connectivity index (χ2v) is 11.8. The Hall–Kier alpha value is -5.12. The fourth-order valence-electron chi connectivity index (χ4n) is 7.73. The number of anilines is 1. The van der Waals surface area contributed by atoms with Crippen LogP contribution in [0.3, 0.4) is 0 Å². The number of benzene rings is 5. The molecule has 2 aromatic heterocycles. The zero-order chi connectivity index (χ0) is 29.7. The van der Waals surface area contributed by atoms with Crippen molar-refractivity contribution >= 4 is 27.5 Å². The quantitative estimate of drug-likeness (QED) is 0.169. The van der Waals surface area contributed by atoms with Crippen molar-refractivity contribution in [2.75, 3.05) is 11.9 Å². The predicted octanol–water partition coefficient (Wildman–Crippen LogP) is 8.59. The zero-order valence-corrected chi connectivity index (χ0v) is 27.0. The van der Waals surface area contributed by atoms with E-state index in [1.807, 2.05) is 66.4 Å². The Morgan fingerprint density at radius 3 is 2.17 bits per heavy atom. The molecular weight excluding hydrogens is 748 g/mol. The molecule has 224 valence electrons. The van der Waals surface area contributed by atoms with Gasteiger partial charge in [0.05, 0.1) is 5.41 Å². The van der Waals surface area contributed by atoms with Crippen LogP contribution in [-0.4, -0.2) is 21.5 Å². The van der Waals surface area contributed by atoms with Gasteiger partial charge in [0.25, 0.3) is 0 Å². The third-order valence-corrected chi connectivity index (χ3v) is 9.45. The summed E-state index contributed by atoms with van der Waals surface area (Å²) in [6, 6.07) is 45.8. The number of nitrogens with zero attached hydrogens (tertiary/aromatic N) is 4. The van der Waals surface area contributed by atoms with Gasteiger partial charge in [0.1, 0.15) is 5.82 Å². The molecule has 46 heavy (non-hydrogen) atoms. The Morgan fingerprint density at radius 1 is 0.674 bits per heavy atom. The molecule has 0 radical (unpaired) electrons. The number of hydrogen-bond acceptors (Lipinski definition) is 4. The summed E-state index contributed by atoms with van der Waals surface area (Å²) in [5.41, 5.74) is 10.1. The molecule has 10 rings (SSSR count). The number of hydrogen-bond donors (Lipinski definition) is 0. The summed E-state index contributed by atoms with van der Waals surface area (Å²) in [6.07, 6.45) is 5.90. The minimum Gasteiger partial charge on any atom is -0.510 e. The van der Waals surface area contributed by atoms with Gasteiger partial charge in [0.2, 0.25) is 0 Å². The average molecular weight is 773 g/mol. The van der Waals surface area contributed by atoms with E-state index in [-0.39, 0.29) is 21.1 Å². The second kappa shape index (κ2) is 9.94. The molecule has 0 saturated heterocycles. The summed E-state index contributed by atoms with van der Waals surface area (Å²) in [7, 11) is 2.00. The van der Waals surface area contributed by atoms with E-state index in [0.717, 1.165) is 27.9 Å². The number of para-hydroxylation sites is 1. The van der Waals surface area contributed by atoms with Crippen LogP contribution >= 0.6 is 0 Å². The summed E-state index contributed by atoms with van der Waals surface area (Å²) in [5.74, 6) is 2.18. The van der Waals surface area contributed by atoms with E-state index in [1.54, 1.807) is 0 Å². The van der Waals surface area contributed by atoms with Crippen molar-refractivity contribution in [2.45, 2.75) is 5.41 Å². The first kappa shape index (κ1) is 27.2. The van der Waals surface area contributed by atoms with Crippen molar-refractivity contribution < 1.29 is 25.8 Å². The van der Waals surface area contributed by atoms with Gasteiger partial charge in [-0.05, 0) is 58.7 Å². The van der Waals surface area contributed by atoms with Crippen LogP contribution in [0.2, 0.25) is 0 Å². The van der Waals surface area contributed by atoms with Gasteiger partial charge in [0.15, 0.2) is 0 Å². The number of pyridine rings is 1. The predicted molar refractivity (Wildman–Crippen MR) is 177 cm³/mol. The molecular formula is C40H25N4OPt-3. The summed E-state index contributed by atoms with van der Waals surface area (Å²) in [6.45, 7) is 2.00. The molecule has 0 unspecified atom stereocenters. The number of rotatable bonds is 3. The minimum atomic E-state index is -0.482. The van der Waals surface area contributed by atoms with Crippen molar-refractivity contribution in [2.24, 2.45) is 0 Å². The molecule has 3 aliphatic rings. The summed E-state index contributed by atoms with van der Waals surface area (Å²) >= 11 is 0. The van der Waals surface area contributed by atoms with Crippen LogP contribution in [0, 0.1) is 18.8 Å². The van der Waals surface area contributed by atoms with Crippen LogP contribution in [0.1, 0.15) is 22.3 Å². The molecule has 0 fully saturated rings. The molecule has 1 spiro atoms. The maximum atomic E-state index is 6.41. The molecule has 1 aliphatic carbocycles. The van der Waals surface area contributed by atoms with Crippen molar-refractivity contribution in [3.8, 4) is 28.4 Å². The molecule has 0 bridgehead atoms. The SMILES string of the molecule is CN1C=CN(c2[c-]c(Oc3[c-]c4c(cc3)c3cccc5c3n4-c3ncccc3C53c4ccccc4-c4ccccc43)ccc2)[CH-]1.[Pt]. The first-order valence-corrected chi connectivity index (χ1v) is 15.1. The number of aromatic nitrogens is 2. The Morgan fingerprint density at radius 2 is 1.39 bits per heavy atom. The Labute approximate surface area is 281 Å². The molecule has 6 heteroatoms. The number of fused-ring (bicyclic) bond motifs is 12. The standard InChI is InChI=1S/C40H25N4O.Pt/c1-42-21-22-43(25-42)26-9-6-10-27(23-26)45-28-18-19-31-32-13-7-16-35-38(32)44(37(31)24-28)39-36(17-8-20-41-39)40(35)33-14-4-2-11-29(33)30-12-3-5-15-34(30)40;/h2-22,25H,1H3;/q-3;. The fraction of sp³-hybridized carbons (Fsp3) is 0.0500. The van der Waals surface area contributed by atoms with E-state index >= 15 is 0 Å². The molecule has 5 aromatic carbocycles. The maximum Gasteiger partial charge on any atom is 0.140 e. The van der Waals surface area contributed by atoms with E-state index in [2.05, 4.69) is 102 Å². The largest absolute Gasteiger partial charge is 0.510 e. The Balaban J connectivity index is 0.00000292. The van der Waals surface area contributed by atoms with E-state index in [0.29, 0.717) is 11.5 Å². The molecule has 0 amide bonds. The average Bonchev–Trinajstić information content (AvgIpc) is 3.75. The van der Waals surface area contributed by atoms with Gasteiger partial charge in [-0.3, -0.25) is 0 Å². The van der Waals surface area contributed by atoms with E-state index in [4.69, 9.17) is 9.72 Å². The monoisotopic (exact) mass is 772 g/mol. The van der Waals surface area contributed by atoms with Crippen molar-refractivity contribution in [3.05, 3.63) is 169 Å². The van der Waals surface area contributed by atoms with Crippen LogP contribution in [0.4, 0.5) is 5.69 Å². The van der Waals surface area contributed by atoms with Gasteiger partial charge in [0, 0.05) is 49.8 Å². The van der Waals surface area contributed by atoms with Gasteiger partial charge in [-0.25, -0.2) is 4.98 Å². The summed E-state index contributed by atoms with van der Waals surface area (Å²) in [4.78, 5) is 9.10. The van der Waals surface area contributed by atoms with Crippen LogP contribution in [0.5, 0.6) is 11.5 Å². The normalized spacial score (nSPS) is 14.8. The zero-order valence-electron chi connectivity index (χ0n) is 24.7. The Kier molecular flexibility index (Phi) is 5.88. The molecule has 2 aliphatic heterocycles. The van der Waals surface area contributed by atoms with E-state index < -0.39 is 5.41 Å². The van der Waals surface area contributed by atoms with E-state index in [9.17, 15) is 0 Å². The van der Waals surface area contributed by atoms with E-state index in [1.165, 1.54) is 38.8 Å². The van der Waals surface area contributed by atoms with Crippen molar-refractivity contribution in [3.63, 3.8) is 0 Å². The first-order valence-electron chi connectivity index (χ1n) is 15.1. The molecule has 0 saturated carbocycles. The van der Waals surface area contributed by atoms with Crippen molar-refractivity contribution in [1.82, 2.24) is 14.5 Å². The molecule has 0 atom stereocenters. The van der Waals surface area contributed by atoms with Crippen LogP contribution in [0.15, 0.2) is 128 Å². The van der Waals surface area contributed by atoms with Gasteiger partial charge in [-0.1, -0.05) is 78.3 Å². The molecule has 0 N–H and O–H groups in total. The smallest absolute Gasteiger partial charge is 0.140 e. The van der Waals surface area contributed by atoms with Gasteiger partial charge in [-0.15, -0.1) is 41.4 Å². The van der Waals surface area contributed by atoms with Crippen LogP contribution < -0.4 is 9.64 Å². The fourth-order valence-corrected chi connectivity index (χ4v) is 7.73. The third-order valence-electron chi connectivity index (χ3n) is 9.45. The first-order chi connectivity index (χ1) is 22.2. The minimum absolute atomic E-state index is 0. The molecule has 4 heterocycles. The number of ether oxygens (including phenoxy) is 1. The Bertz CT molecular complexity index is 2350.